The highest BCUT2D eigenvalue weighted by Gasteiger charge is 2.17. The minimum atomic E-state index is -4.00. The van der Waals surface area contributed by atoms with Gasteiger partial charge in [0.05, 0.1) is 10.5 Å². The lowest BCUT2D eigenvalue weighted by Gasteiger charge is -2.08. The summed E-state index contributed by atoms with van der Waals surface area (Å²) in [7, 11) is -4.00. The minimum Gasteiger partial charge on any atom is -0.452 e. The number of rotatable bonds is 5. The first kappa shape index (κ1) is 19.0. The molecule has 0 spiro atoms. The number of carbonyl (C=O) groups excluding carboxylic acids is 2. The Morgan fingerprint density at radius 1 is 1.20 bits per heavy atom. The largest absolute Gasteiger partial charge is 0.452 e. The molecule has 3 N–H and O–H groups in total. The maximum absolute atomic E-state index is 13.0. The van der Waals surface area contributed by atoms with Crippen LogP contribution in [0.15, 0.2) is 51.8 Å². The average Bonchev–Trinajstić information content (AvgIpc) is 2.52. The Kier molecular flexibility index (Phi) is 5.88. The van der Waals surface area contributed by atoms with Gasteiger partial charge in [0.2, 0.25) is 10.0 Å². The van der Waals surface area contributed by atoms with Crippen LogP contribution in [0.2, 0.25) is 0 Å². The summed E-state index contributed by atoms with van der Waals surface area (Å²) in [4.78, 5) is 23.5. The molecular formula is C15H12BrFN2O5S. The SMILES string of the molecule is NS(=O)(=O)c1ccc(Br)c(C(=O)OCC(=O)Nc2cccc(F)c2)c1. The molecule has 0 heterocycles. The number of hydrogen-bond acceptors (Lipinski definition) is 5. The van der Waals surface area contributed by atoms with E-state index in [-0.39, 0.29) is 20.6 Å². The molecule has 0 aliphatic heterocycles. The number of ether oxygens (including phenoxy) is 1. The third-order valence-electron chi connectivity index (χ3n) is 2.93. The summed E-state index contributed by atoms with van der Waals surface area (Å²) >= 11 is 3.09. The van der Waals surface area contributed by atoms with Gasteiger partial charge in [-0.05, 0) is 52.3 Å². The van der Waals surface area contributed by atoms with E-state index >= 15 is 0 Å². The van der Waals surface area contributed by atoms with E-state index in [1.54, 1.807) is 0 Å². The zero-order chi connectivity index (χ0) is 18.6. The first-order chi connectivity index (χ1) is 11.7. The molecule has 0 atom stereocenters. The van der Waals surface area contributed by atoms with E-state index in [4.69, 9.17) is 9.88 Å². The first-order valence-corrected chi connectivity index (χ1v) is 9.05. The number of hydrogen-bond donors (Lipinski definition) is 2. The Morgan fingerprint density at radius 3 is 2.56 bits per heavy atom. The van der Waals surface area contributed by atoms with Crippen LogP contribution in [0, 0.1) is 5.82 Å². The van der Waals surface area contributed by atoms with Crippen molar-refractivity contribution in [3.05, 3.63) is 58.3 Å². The van der Waals surface area contributed by atoms with E-state index in [1.165, 1.54) is 30.3 Å². The van der Waals surface area contributed by atoms with E-state index in [1.807, 2.05) is 0 Å². The number of esters is 1. The number of benzene rings is 2. The molecule has 25 heavy (non-hydrogen) atoms. The van der Waals surface area contributed by atoms with Crippen LogP contribution in [0.1, 0.15) is 10.4 Å². The third kappa shape index (κ3) is 5.34. The summed E-state index contributed by atoms with van der Waals surface area (Å²) in [5.41, 5.74) is 0.100. The number of amides is 1. The number of sulfonamides is 1. The van der Waals surface area contributed by atoms with Gasteiger partial charge >= 0.3 is 5.97 Å². The lowest BCUT2D eigenvalue weighted by atomic mass is 10.2. The van der Waals surface area contributed by atoms with Crippen LogP contribution in [-0.4, -0.2) is 26.9 Å². The zero-order valence-electron chi connectivity index (χ0n) is 12.5. The van der Waals surface area contributed by atoms with E-state index in [9.17, 15) is 22.4 Å². The predicted molar refractivity (Wildman–Crippen MR) is 90.8 cm³/mol. The van der Waals surface area contributed by atoms with Gasteiger partial charge < -0.3 is 10.1 Å². The summed E-state index contributed by atoms with van der Waals surface area (Å²) in [5, 5.41) is 7.36. The fraction of sp³-hybridized carbons (Fsp3) is 0.0667. The van der Waals surface area contributed by atoms with Gasteiger partial charge in [0.1, 0.15) is 5.82 Å². The van der Waals surface area contributed by atoms with Crippen LogP contribution in [0.25, 0.3) is 0 Å². The number of nitrogens with two attached hydrogens (primary N) is 1. The smallest absolute Gasteiger partial charge is 0.339 e. The fourth-order valence-corrected chi connectivity index (χ4v) is 2.76. The van der Waals surface area contributed by atoms with Crippen molar-refractivity contribution in [1.82, 2.24) is 0 Å². The molecule has 0 radical (unpaired) electrons. The van der Waals surface area contributed by atoms with Crippen molar-refractivity contribution in [2.24, 2.45) is 5.14 Å². The Bertz CT molecular complexity index is 933. The second kappa shape index (κ2) is 7.72. The van der Waals surface area contributed by atoms with Gasteiger partial charge in [-0.2, -0.15) is 0 Å². The Balaban J connectivity index is 2.04. The summed E-state index contributed by atoms with van der Waals surface area (Å²) in [6, 6.07) is 8.77. The van der Waals surface area contributed by atoms with Crippen molar-refractivity contribution in [1.29, 1.82) is 0 Å². The van der Waals surface area contributed by atoms with Gasteiger partial charge in [-0.15, -0.1) is 0 Å². The number of halogens is 2. The number of nitrogens with one attached hydrogen (secondary N) is 1. The molecule has 0 saturated carbocycles. The molecule has 0 aliphatic carbocycles. The fourth-order valence-electron chi connectivity index (χ4n) is 1.81. The molecule has 2 aromatic rings. The van der Waals surface area contributed by atoms with E-state index in [0.717, 1.165) is 12.1 Å². The topological polar surface area (TPSA) is 116 Å². The second-order valence-electron chi connectivity index (χ2n) is 4.82. The predicted octanol–water partition coefficient (Wildman–Crippen LogP) is 2.03. The summed E-state index contributed by atoms with van der Waals surface area (Å²) < 4.78 is 40.8. The third-order valence-corrected chi connectivity index (χ3v) is 4.53. The average molecular weight is 431 g/mol. The molecule has 2 rings (SSSR count). The van der Waals surface area contributed by atoms with Crippen molar-refractivity contribution in [2.75, 3.05) is 11.9 Å². The standard InChI is InChI=1S/C15H12BrFN2O5S/c16-13-5-4-11(25(18,22)23)7-12(13)15(21)24-8-14(20)19-10-3-1-2-9(17)6-10/h1-7H,8H2,(H,19,20)(H2,18,22,23). The van der Waals surface area contributed by atoms with Crippen molar-refractivity contribution >= 4 is 43.5 Å². The van der Waals surface area contributed by atoms with Crippen LogP contribution in [0.4, 0.5) is 10.1 Å². The number of carbonyl (C=O) groups is 2. The van der Waals surface area contributed by atoms with Crippen LogP contribution in [0.3, 0.4) is 0 Å². The molecule has 0 saturated heterocycles. The highest BCUT2D eigenvalue weighted by molar-refractivity contribution is 9.10. The summed E-state index contributed by atoms with van der Waals surface area (Å²) in [6.07, 6.45) is 0. The van der Waals surface area contributed by atoms with Gasteiger partial charge in [-0.1, -0.05) is 6.07 Å². The summed E-state index contributed by atoms with van der Waals surface area (Å²) in [6.45, 7) is -0.638. The lowest BCUT2D eigenvalue weighted by molar-refractivity contribution is -0.119. The molecule has 1 amide bonds. The van der Waals surface area contributed by atoms with Crippen molar-refractivity contribution < 1.29 is 27.1 Å². The minimum absolute atomic E-state index is 0.106. The molecule has 0 bridgehead atoms. The maximum Gasteiger partial charge on any atom is 0.339 e. The van der Waals surface area contributed by atoms with Gasteiger partial charge in [0, 0.05) is 10.2 Å². The van der Waals surface area contributed by atoms with Crippen LogP contribution >= 0.6 is 15.9 Å². The van der Waals surface area contributed by atoms with Crippen molar-refractivity contribution in [2.45, 2.75) is 4.90 Å². The summed E-state index contributed by atoms with van der Waals surface area (Å²) in [5.74, 6) is -2.14. The molecule has 0 fully saturated rings. The maximum atomic E-state index is 13.0. The number of anilines is 1. The lowest BCUT2D eigenvalue weighted by Crippen LogP contribution is -2.21. The highest BCUT2D eigenvalue weighted by atomic mass is 79.9. The molecule has 7 nitrogen and oxygen atoms in total. The highest BCUT2D eigenvalue weighted by Crippen LogP contribution is 2.21. The Hall–Kier alpha value is -2.30. The molecule has 0 aromatic heterocycles. The zero-order valence-corrected chi connectivity index (χ0v) is 14.9. The Labute approximate surface area is 151 Å². The van der Waals surface area contributed by atoms with Gasteiger partial charge in [0.25, 0.3) is 5.91 Å². The quantitative estimate of drug-likeness (QED) is 0.703. The van der Waals surface area contributed by atoms with E-state index in [2.05, 4.69) is 21.2 Å². The normalized spacial score (nSPS) is 11.0. The van der Waals surface area contributed by atoms with Crippen LogP contribution in [-0.2, 0) is 19.6 Å². The second-order valence-corrected chi connectivity index (χ2v) is 7.24. The molecule has 0 aliphatic rings. The van der Waals surface area contributed by atoms with Crippen LogP contribution in [0.5, 0.6) is 0 Å². The van der Waals surface area contributed by atoms with Crippen LogP contribution < -0.4 is 10.5 Å². The van der Waals surface area contributed by atoms with Crippen molar-refractivity contribution in [3.8, 4) is 0 Å². The van der Waals surface area contributed by atoms with Gasteiger partial charge in [0.15, 0.2) is 6.61 Å². The van der Waals surface area contributed by atoms with Gasteiger partial charge in [-0.25, -0.2) is 22.7 Å². The first-order valence-electron chi connectivity index (χ1n) is 6.72. The molecule has 132 valence electrons. The van der Waals surface area contributed by atoms with E-state index in [0.29, 0.717) is 0 Å². The molecule has 10 heteroatoms. The van der Waals surface area contributed by atoms with Crippen molar-refractivity contribution in [3.63, 3.8) is 0 Å². The van der Waals surface area contributed by atoms with E-state index < -0.39 is 34.3 Å². The molecule has 0 unspecified atom stereocenters. The monoisotopic (exact) mass is 430 g/mol. The molecular weight excluding hydrogens is 419 g/mol. The number of primary sulfonamides is 1. The molecule has 2 aromatic carbocycles. The van der Waals surface area contributed by atoms with Gasteiger partial charge in [-0.3, -0.25) is 4.79 Å². The Morgan fingerprint density at radius 2 is 1.92 bits per heavy atom.